The predicted octanol–water partition coefficient (Wildman–Crippen LogP) is 0.420. The minimum atomic E-state index is 0.0996. The van der Waals surface area contributed by atoms with Gasteiger partial charge < -0.3 is 14.4 Å². The van der Waals surface area contributed by atoms with Crippen molar-refractivity contribution in [1.29, 1.82) is 0 Å². The van der Waals surface area contributed by atoms with Gasteiger partial charge in [0.25, 0.3) is 0 Å². The van der Waals surface area contributed by atoms with Gasteiger partial charge in [-0.2, -0.15) is 0 Å². The molecule has 3 rings (SSSR count). The maximum absolute atomic E-state index is 11.5. The highest BCUT2D eigenvalue weighted by atomic mass is 16.2. The van der Waals surface area contributed by atoms with Crippen LogP contribution in [0.3, 0.4) is 0 Å². The predicted molar refractivity (Wildman–Crippen MR) is 75.4 cm³/mol. The number of imidazole rings is 1. The molecule has 1 aliphatic rings. The SMILES string of the molecule is CC(=O)N(C)C1CCN(c2ncnc3c2ncn3C)C1. The summed E-state index contributed by atoms with van der Waals surface area (Å²) in [6.45, 7) is 3.27. The van der Waals surface area contributed by atoms with Crippen LogP contribution in [0.2, 0.25) is 0 Å². The Labute approximate surface area is 117 Å². The number of hydrogen-bond acceptors (Lipinski definition) is 5. The minimum Gasteiger partial charge on any atom is -0.353 e. The van der Waals surface area contributed by atoms with Crippen molar-refractivity contribution in [3.8, 4) is 0 Å². The third kappa shape index (κ3) is 1.99. The van der Waals surface area contributed by atoms with Gasteiger partial charge in [0, 0.05) is 34.1 Å². The van der Waals surface area contributed by atoms with E-state index in [9.17, 15) is 4.79 Å². The lowest BCUT2D eigenvalue weighted by Crippen LogP contribution is -2.37. The van der Waals surface area contributed by atoms with Crippen LogP contribution < -0.4 is 4.90 Å². The Balaban J connectivity index is 1.88. The summed E-state index contributed by atoms with van der Waals surface area (Å²) in [5.41, 5.74) is 1.65. The molecular weight excluding hydrogens is 256 g/mol. The summed E-state index contributed by atoms with van der Waals surface area (Å²) < 4.78 is 1.88. The molecule has 7 nitrogen and oxygen atoms in total. The largest absolute Gasteiger partial charge is 0.353 e. The lowest BCUT2D eigenvalue weighted by atomic mass is 10.2. The summed E-state index contributed by atoms with van der Waals surface area (Å²) in [7, 11) is 3.77. The van der Waals surface area contributed by atoms with E-state index in [-0.39, 0.29) is 11.9 Å². The topological polar surface area (TPSA) is 67.2 Å². The maximum atomic E-state index is 11.5. The zero-order valence-corrected chi connectivity index (χ0v) is 11.9. The Hall–Kier alpha value is -2.18. The molecule has 1 amide bonds. The van der Waals surface area contributed by atoms with Crippen LogP contribution in [0.15, 0.2) is 12.7 Å². The van der Waals surface area contributed by atoms with Crippen molar-refractivity contribution in [2.45, 2.75) is 19.4 Å². The Kier molecular flexibility index (Phi) is 3.04. The fourth-order valence-electron chi connectivity index (χ4n) is 2.67. The summed E-state index contributed by atoms with van der Waals surface area (Å²) in [5.74, 6) is 0.956. The molecule has 2 aromatic rings. The molecular formula is C13H18N6O. The second-order valence-corrected chi connectivity index (χ2v) is 5.24. The molecule has 1 unspecified atom stereocenters. The number of fused-ring (bicyclic) bond motifs is 1. The molecule has 1 fully saturated rings. The molecule has 0 N–H and O–H groups in total. The molecule has 2 aromatic heterocycles. The quantitative estimate of drug-likeness (QED) is 0.794. The van der Waals surface area contributed by atoms with Crippen molar-refractivity contribution in [3.05, 3.63) is 12.7 Å². The molecule has 106 valence electrons. The number of aryl methyl sites for hydroxylation is 1. The van der Waals surface area contributed by atoms with Gasteiger partial charge in [0.05, 0.1) is 12.4 Å². The van der Waals surface area contributed by atoms with Crippen LogP contribution in [0.1, 0.15) is 13.3 Å². The molecule has 0 bridgehead atoms. The molecule has 0 radical (unpaired) electrons. The van der Waals surface area contributed by atoms with Crippen molar-refractivity contribution in [3.63, 3.8) is 0 Å². The monoisotopic (exact) mass is 274 g/mol. The number of aromatic nitrogens is 4. The molecule has 20 heavy (non-hydrogen) atoms. The number of rotatable bonds is 2. The first-order chi connectivity index (χ1) is 9.58. The molecule has 0 saturated carbocycles. The fraction of sp³-hybridized carbons (Fsp3) is 0.538. The van der Waals surface area contributed by atoms with Crippen LogP contribution in [0.4, 0.5) is 5.82 Å². The highest BCUT2D eigenvalue weighted by Crippen LogP contribution is 2.25. The van der Waals surface area contributed by atoms with E-state index in [1.807, 2.05) is 18.7 Å². The molecule has 0 spiro atoms. The molecule has 1 atom stereocenters. The van der Waals surface area contributed by atoms with Crippen LogP contribution in [0, 0.1) is 0 Å². The molecule has 1 saturated heterocycles. The average Bonchev–Trinajstić information content (AvgIpc) is 3.05. The van der Waals surface area contributed by atoms with E-state index in [1.54, 1.807) is 24.5 Å². The summed E-state index contributed by atoms with van der Waals surface area (Å²) >= 11 is 0. The van der Waals surface area contributed by atoms with Crippen LogP contribution in [0.25, 0.3) is 11.2 Å². The van der Waals surface area contributed by atoms with E-state index in [2.05, 4.69) is 19.9 Å². The number of amides is 1. The molecule has 0 aromatic carbocycles. The first-order valence-corrected chi connectivity index (χ1v) is 6.68. The Morgan fingerprint density at radius 2 is 2.20 bits per heavy atom. The summed E-state index contributed by atoms with van der Waals surface area (Å²) in [5, 5.41) is 0. The van der Waals surface area contributed by atoms with Gasteiger partial charge in [0.15, 0.2) is 17.0 Å². The van der Waals surface area contributed by atoms with Crippen molar-refractivity contribution < 1.29 is 4.79 Å². The summed E-state index contributed by atoms with van der Waals surface area (Å²) in [6, 6.07) is 0.237. The standard InChI is InChI=1S/C13H18N6O/c1-9(20)18(3)10-4-5-19(6-10)13-11-12(14-7-15-13)17(2)8-16-11/h7-8,10H,4-6H2,1-3H3. The second kappa shape index (κ2) is 4.73. The van der Waals surface area contributed by atoms with Gasteiger partial charge in [-0.3, -0.25) is 4.79 Å². The van der Waals surface area contributed by atoms with Gasteiger partial charge >= 0.3 is 0 Å². The van der Waals surface area contributed by atoms with E-state index in [0.29, 0.717) is 0 Å². The van der Waals surface area contributed by atoms with E-state index in [1.165, 1.54) is 0 Å². The van der Waals surface area contributed by atoms with Crippen molar-refractivity contribution in [1.82, 2.24) is 24.4 Å². The highest BCUT2D eigenvalue weighted by molar-refractivity contribution is 5.83. The van der Waals surface area contributed by atoms with E-state index >= 15 is 0 Å². The summed E-state index contributed by atoms with van der Waals surface area (Å²) in [6.07, 6.45) is 4.27. The number of carbonyl (C=O) groups is 1. The van der Waals surface area contributed by atoms with Gasteiger partial charge in [-0.1, -0.05) is 0 Å². The first-order valence-electron chi connectivity index (χ1n) is 6.68. The van der Waals surface area contributed by atoms with Crippen molar-refractivity contribution in [2.24, 2.45) is 7.05 Å². The Bertz CT molecular complexity index is 651. The first kappa shape index (κ1) is 12.8. The van der Waals surface area contributed by atoms with Gasteiger partial charge in [-0.25, -0.2) is 15.0 Å². The number of nitrogens with zero attached hydrogens (tertiary/aromatic N) is 6. The van der Waals surface area contributed by atoms with Crippen LogP contribution in [0.5, 0.6) is 0 Å². The maximum Gasteiger partial charge on any atom is 0.219 e. The molecule has 7 heteroatoms. The van der Waals surface area contributed by atoms with Gasteiger partial charge in [0.1, 0.15) is 6.33 Å². The van der Waals surface area contributed by atoms with Crippen molar-refractivity contribution >= 4 is 22.9 Å². The Morgan fingerprint density at radius 1 is 1.40 bits per heavy atom. The lowest BCUT2D eigenvalue weighted by Gasteiger charge is -2.23. The van der Waals surface area contributed by atoms with Crippen molar-refractivity contribution in [2.75, 3.05) is 25.0 Å². The fourth-order valence-corrected chi connectivity index (χ4v) is 2.67. The zero-order chi connectivity index (χ0) is 14.3. The highest BCUT2D eigenvalue weighted by Gasteiger charge is 2.29. The number of carbonyl (C=O) groups excluding carboxylic acids is 1. The van der Waals surface area contributed by atoms with E-state index in [0.717, 1.165) is 36.5 Å². The normalized spacial score (nSPS) is 18.8. The van der Waals surface area contributed by atoms with E-state index in [4.69, 9.17) is 0 Å². The number of anilines is 1. The lowest BCUT2D eigenvalue weighted by molar-refractivity contribution is -0.129. The smallest absolute Gasteiger partial charge is 0.219 e. The molecule has 0 aliphatic carbocycles. The average molecular weight is 274 g/mol. The minimum absolute atomic E-state index is 0.0996. The third-order valence-electron chi connectivity index (χ3n) is 3.99. The zero-order valence-electron chi connectivity index (χ0n) is 11.9. The molecule has 1 aliphatic heterocycles. The summed E-state index contributed by atoms with van der Waals surface area (Å²) in [4.78, 5) is 28.5. The Morgan fingerprint density at radius 3 is 2.95 bits per heavy atom. The molecule has 3 heterocycles. The number of likely N-dealkylation sites (N-methyl/N-ethyl adjacent to an activating group) is 1. The van der Waals surface area contributed by atoms with Crippen LogP contribution in [-0.2, 0) is 11.8 Å². The van der Waals surface area contributed by atoms with E-state index < -0.39 is 0 Å². The van der Waals surface area contributed by atoms with Gasteiger partial charge in [-0.05, 0) is 6.42 Å². The number of hydrogen-bond donors (Lipinski definition) is 0. The van der Waals surface area contributed by atoms with Gasteiger partial charge in [0.2, 0.25) is 5.91 Å². The second-order valence-electron chi connectivity index (χ2n) is 5.24. The van der Waals surface area contributed by atoms with Crippen LogP contribution in [-0.4, -0.2) is 56.5 Å². The van der Waals surface area contributed by atoms with Crippen LogP contribution >= 0.6 is 0 Å². The van der Waals surface area contributed by atoms with Gasteiger partial charge in [-0.15, -0.1) is 0 Å². The third-order valence-corrected chi connectivity index (χ3v) is 3.99.